The average molecular weight is 390 g/mol. The number of quaternary nitrogens is 1. The number of hydrogen-bond acceptors (Lipinski definition) is 2. The van der Waals surface area contributed by atoms with Gasteiger partial charge in [-0.2, -0.15) is 0 Å². The Hall–Kier alpha value is -1.35. The van der Waals surface area contributed by atoms with Gasteiger partial charge in [0.2, 0.25) is 0 Å². The van der Waals surface area contributed by atoms with Crippen molar-refractivity contribution in [2.24, 2.45) is 0 Å². The van der Waals surface area contributed by atoms with Gasteiger partial charge >= 0.3 is 0 Å². The van der Waals surface area contributed by atoms with Crippen LogP contribution in [0.4, 0.5) is 5.69 Å². The van der Waals surface area contributed by atoms with Gasteiger partial charge in [0.05, 0.1) is 31.2 Å². The quantitative estimate of drug-likeness (QED) is 0.239. The fourth-order valence-electron chi connectivity index (χ4n) is 4.28. The number of hydrogen-bond donors (Lipinski definition) is 0. The fraction of sp³-hybridized carbons (Fsp3) is 0.720. The summed E-state index contributed by atoms with van der Waals surface area (Å²) in [6, 6.07) is 7.61. The van der Waals surface area contributed by atoms with Gasteiger partial charge in [0, 0.05) is 0 Å². The molecule has 0 bridgehead atoms. The second-order valence-corrected chi connectivity index (χ2v) is 8.30. The van der Waals surface area contributed by atoms with Gasteiger partial charge in [-0.15, -0.1) is 0 Å². The van der Waals surface area contributed by atoms with E-state index >= 15 is 0 Å². The first-order valence-electron chi connectivity index (χ1n) is 11.8. The van der Waals surface area contributed by atoms with Crippen LogP contribution in [-0.4, -0.2) is 25.6 Å². The van der Waals surface area contributed by atoms with E-state index < -0.39 is 5.97 Å². The lowest BCUT2D eigenvalue weighted by Crippen LogP contribution is -2.52. The highest BCUT2D eigenvalue weighted by atomic mass is 16.4. The van der Waals surface area contributed by atoms with Crippen molar-refractivity contribution in [2.45, 2.75) is 97.8 Å². The van der Waals surface area contributed by atoms with Crippen molar-refractivity contribution < 1.29 is 9.90 Å². The van der Waals surface area contributed by atoms with Gasteiger partial charge in [0.15, 0.2) is 0 Å². The van der Waals surface area contributed by atoms with Crippen LogP contribution < -0.4 is 9.59 Å². The molecule has 0 amide bonds. The molecule has 3 nitrogen and oxygen atoms in total. The van der Waals surface area contributed by atoms with Gasteiger partial charge in [-0.05, 0) is 50.7 Å². The largest absolute Gasteiger partial charge is 0.545 e. The molecular formula is C25H43NO2. The highest BCUT2D eigenvalue weighted by molar-refractivity contribution is 5.92. The molecule has 1 rings (SSSR count). The molecule has 1 aromatic rings. The molecular weight excluding hydrogens is 346 g/mol. The Morgan fingerprint density at radius 1 is 0.714 bits per heavy atom. The van der Waals surface area contributed by atoms with Gasteiger partial charge < -0.3 is 9.90 Å². The first-order chi connectivity index (χ1) is 13.6. The van der Waals surface area contributed by atoms with E-state index in [-0.39, 0.29) is 0 Å². The summed E-state index contributed by atoms with van der Waals surface area (Å²) >= 11 is 0. The number of carboxylic acid groups (broad SMARTS) is 1. The van der Waals surface area contributed by atoms with Gasteiger partial charge in [0.25, 0.3) is 0 Å². The highest BCUT2D eigenvalue weighted by Crippen LogP contribution is 2.30. The maximum Gasteiger partial charge on any atom is 0.142 e. The third-order valence-corrected chi connectivity index (χ3v) is 5.95. The Kier molecular flexibility index (Phi) is 12.9. The van der Waals surface area contributed by atoms with E-state index in [1.807, 2.05) is 18.2 Å². The van der Waals surface area contributed by atoms with Crippen LogP contribution in [0.25, 0.3) is 0 Å². The SMILES string of the molecule is CCCCCC[N+](CCCCCC)(CCCCCC)c1ccccc1C(=O)[O-]. The second kappa shape index (κ2) is 14.6. The van der Waals surface area contributed by atoms with E-state index in [1.54, 1.807) is 6.07 Å². The van der Waals surface area contributed by atoms with Gasteiger partial charge in [-0.3, -0.25) is 4.48 Å². The van der Waals surface area contributed by atoms with Gasteiger partial charge in [0.1, 0.15) is 5.69 Å². The second-order valence-electron chi connectivity index (χ2n) is 8.30. The van der Waals surface area contributed by atoms with Crippen molar-refractivity contribution in [2.75, 3.05) is 19.6 Å². The summed E-state index contributed by atoms with van der Waals surface area (Å²) in [5.74, 6) is -1.03. The summed E-state index contributed by atoms with van der Waals surface area (Å²) in [6.07, 6.45) is 14.6. The number of carbonyl (C=O) groups is 1. The molecule has 28 heavy (non-hydrogen) atoms. The van der Waals surface area contributed by atoms with Crippen molar-refractivity contribution in [3.8, 4) is 0 Å². The van der Waals surface area contributed by atoms with Crippen molar-refractivity contribution >= 4 is 11.7 Å². The van der Waals surface area contributed by atoms with Crippen LogP contribution in [0.1, 0.15) is 108 Å². The Morgan fingerprint density at radius 3 is 1.54 bits per heavy atom. The van der Waals surface area contributed by atoms with Crippen LogP contribution in [0.2, 0.25) is 0 Å². The Labute approximate surface area is 173 Å². The lowest BCUT2D eigenvalue weighted by atomic mass is 10.0. The van der Waals surface area contributed by atoms with E-state index in [2.05, 4.69) is 20.8 Å². The Bertz CT molecular complexity index is 510. The van der Waals surface area contributed by atoms with E-state index in [1.165, 1.54) is 57.8 Å². The monoisotopic (exact) mass is 389 g/mol. The van der Waals surface area contributed by atoms with Crippen LogP contribution >= 0.6 is 0 Å². The molecule has 0 aliphatic carbocycles. The molecule has 160 valence electrons. The van der Waals surface area contributed by atoms with Crippen molar-refractivity contribution in [1.82, 2.24) is 4.48 Å². The molecule has 0 radical (unpaired) electrons. The summed E-state index contributed by atoms with van der Waals surface area (Å²) < 4.78 is 0.821. The van der Waals surface area contributed by atoms with Gasteiger partial charge in [-0.25, -0.2) is 0 Å². The lowest BCUT2D eigenvalue weighted by Gasteiger charge is -2.40. The summed E-state index contributed by atoms with van der Waals surface area (Å²) in [6.45, 7) is 9.85. The van der Waals surface area contributed by atoms with Crippen LogP contribution in [-0.2, 0) is 0 Å². The Balaban J connectivity index is 3.13. The Morgan fingerprint density at radius 2 is 1.14 bits per heavy atom. The normalized spacial score (nSPS) is 11.7. The molecule has 0 heterocycles. The topological polar surface area (TPSA) is 40.1 Å². The number of aromatic carboxylic acids is 1. The maximum atomic E-state index is 11.9. The molecule has 0 saturated carbocycles. The molecule has 0 aliphatic rings. The van der Waals surface area contributed by atoms with E-state index in [0.29, 0.717) is 5.56 Å². The van der Waals surface area contributed by atoms with Crippen LogP contribution in [0, 0.1) is 0 Å². The third kappa shape index (κ3) is 8.34. The zero-order valence-corrected chi connectivity index (χ0v) is 18.7. The van der Waals surface area contributed by atoms with E-state index in [9.17, 15) is 9.90 Å². The highest BCUT2D eigenvalue weighted by Gasteiger charge is 2.31. The van der Waals surface area contributed by atoms with E-state index in [0.717, 1.165) is 49.1 Å². The third-order valence-electron chi connectivity index (χ3n) is 5.95. The molecule has 0 fully saturated rings. The number of benzene rings is 1. The van der Waals surface area contributed by atoms with Gasteiger partial charge in [-0.1, -0.05) is 71.4 Å². The summed E-state index contributed by atoms with van der Waals surface area (Å²) in [5, 5.41) is 11.9. The number of para-hydroxylation sites is 1. The first kappa shape index (κ1) is 24.7. The molecule has 0 saturated heterocycles. The van der Waals surface area contributed by atoms with Crippen LogP contribution in [0.15, 0.2) is 24.3 Å². The average Bonchev–Trinajstić information content (AvgIpc) is 2.71. The smallest absolute Gasteiger partial charge is 0.142 e. The number of nitrogens with zero attached hydrogens (tertiary/aromatic N) is 1. The summed E-state index contributed by atoms with van der Waals surface area (Å²) in [4.78, 5) is 11.9. The van der Waals surface area contributed by atoms with Crippen molar-refractivity contribution in [3.05, 3.63) is 29.8 Å². The minimum Gasteiger partial charge on any atom is -0.545 e. The summed E-state index contributed by atoms with van der Waals surface area (Å²) in [7, 11) is 0. The summed E-state index contributed by atoms with van der Waals surface area (Å²) in [5.41, 5.74) is 1.37. The van der Waals surface area contributed by atoms with Crippen LogP contribution in [0.5, 0.6) is 0 Å². The molecule has 0 aromatic heterocycles. The molecule has 0 aliphatic heterocycles. The number of unbranched alkanes of at least 4 members (excludes halogenated alkanes) is 9. The molecule has 1 aromatic carbocycles. The minimum absolute atomic E-state index is 0.393. The van der Waals surface area contributed by atoms with Crippen molar-refractivity contribution in [1.29, 1.82) is 0 Å². The van der Waals surface area contributed by atoms with Crippen LogP contribution in [0.3, 0.4) is 0 Å². The fourth-order valence-corrected chi connectivity index (χ4v) is 4.28. The first-order valence-corrected chi connectivity index (χ1v) is 11.8. The predicted molar refractivity (Wildman–Crippen MR) is 120 cm³/mol. The molecule has 0 N–H and O–H groups in total. The zero-order chi connectivity index (χ0) is 20.7. The lowest BCUT2D eigenvalue weighted by molar-refractivity contribution is -0.255. The molecule has 0 unspecified atom stereocenters. The van der Waals surface area contributed by atoms with Crippen molar-refractivity contribution in [3.63, 3.8) is 0 Å². The number of carbonyl (C=O) groups excluding carboxylic acids is 1. The minimum atomic E-state index is -1.03. The predicted octanol–water partition coefficient (Wildman–Crippen LogP) is 6.10. The molecule has 0 atom stereocenters. The number of carboxylic acids is 1. The number of rotatable bonds is 17. The maximum absolute atomic E-state index is 11.9. The molecule has 0 spiro atoms. The molecule has 3 heteroatoms. The zero-order valence-electron chi connectivity index (χ0n) is 18.7. The van der Waals surface area contributed by atoms with E-state index in [4.69, 9.17) is 0 Å². The standard InChI is InChI=1S/C25H43NO2/c1-4-7-10-15-20-26(21-16-11-8-5-2,22-17-12-9-6-3)24-19-14-13-18-23(24)25(27)28/h13-14,18-19H,4-12,15-17,20-22H2,1-3H3.